The van der Waals surface area contributed by atoms with Crippen LogP contribution < -0.4 is 5.32 Å². The number of anilines is 1. The number of nitro groups is 1. The lowest BCUT2D eigenvalue weighted by Gasteiger charge is -2.12. The van der Waals surface area contributed by atoms with Crippen LogP contribution in [-0.4, -0.2) is 35.8 Å². The van der Waals surface area contributed by atoms with Crippen LogP contribution in [0.3, 0.4) is 0 Å². The number of nitro benzene ring substituents is 1. The molecule has 0 amide bonds. The van der Waals surface area contributed by atoms with Gasteiger partial charge in [-0.3, -0.25) is 10.1 Å². The molecular formula is C11H14N2O5. The van der Waals surface area contributed by atoms with E-state index in [0.717, 1.165) is 5.56 Å². The molecule has 0 aromatic heterocycles. The second-order valence-corrected chi connectivity index (χ2v) is 3.72. The lowest BCUT2D eigenvalue weighted by Crippen LogP contribution is -2.30. The minimum absolute atomic E-state index is 0.0459. The number of benzene rings is 1. The summed E-state index contributed by atoms with van der Waals surface area (Å²) in [6, 6.07) is 4.67. The first-order chi connectivity index (χ1) is 8.45. The molecule has 0 bridgehead atoms. The highest BCUT2D eigenvalue weighted by molar-refractivity contribution is 5.73. The van der Waals surface area contributed by atoms with Crippen molar-refractivity contribution in [2.24, 2.45) is 0 Å². The molecule has 7 nitrogen and oxygen atoms in total. The Balaban J connectivity index is 2.84. The number of carboxylic acid groups (broad SMARTS) is 1. The summed E-state index contributed by atoms with van der Waals surface area (Å²) in [6.07, 6.45) is -1.05. The Hall–Kier alpha value is -2.15. The second kappa shape index (κ2) is 5.97. The molecule has 0 saturated heterocycles. The quantitative estimate of drug-likeness (QED) is 0.588. The maximum absolute atomic E-state index is 10.8. The van der Waals surface area contributed by atoms with Crippen molar-refractivity contribution in [1.29, 1.82) is 0 Å². The van der Waals surface area contributed by atoms with Gasteiger partial charge >= 0.3 is 5.97 Å². The molecule has 0 radical (unpaired) electrons. The fourth-order valence-electron chi connectivity index (χ4n) is 1.42. The third-order valence-electron chi connectivity index (χ3n) is 2.39. The van der Waals surface area contributed by atoms with E-state index in [4.69, 9.17) is 9.84 Å². The number of rotatable bonds is 6. The van der Waals surface area contributed by atoms with Gasteiger partial charge in [-0.2, -0.15) is 0 Å². The fourth-order valence-corrected chi connectivity index (χ4v) is 1.42. The zero-order valence-corrected chi connectivity index (χ0v) is 10.0. The van der Waals surface area contributed by atoms with Gasteiger partial charge in [0.05, 0.1) is 11.5 Å². The van der Waals surface area contributed by atoms with Crippen LogP contribution in [0, 0.1) is 17.0 Å². The molecule has 1 atom stereocenters. The molecule has 98 valence electrons. The van der Waals surface area contributed by atoms with E-state index in [2.05, 4.69) is 5.32 Å². The Kier molecular flexibility index (Phi) is 4.61. The van der Waals surface area contributed by atoms with Crippen molar-refractivity contribution in [3.63, 3.8) is 0 Å². The predicted molar refractivity (Wildman–Crippen MR) is 64.8 cm³/mol. The van der Waals surface area contributed by atoms with E-state index in [0.29, 0.717) is 0 Å². The molecular weight excluding hydrogens is 240 g/mol. The number of carboxylic acids is 1. The molecule has 0 heterocycles. The minimum atomic E-state index is -1.13. The van der Waals surface area contributed by atoms with Crippen molar-refractivity contribution < 1.29 is 19.6 Å². The number of methoxy groups -OCH3 is 1. The Labute approximate surface area is 104 Å². The molecule has 0 spiro atoms. The van der Waals surface area contributed by atoms with Crippen LogP contribution in [0.2, 0.25) is 0 Å². The van der Waals surface area contributed by atoms with Crippen LogP contribution in [-0.2, 0) is 9.53 Å². The smallest absolute Gasteiger partial charge is 0.334 e. The average molecular weight is 254 g/mol. The van der Waals surface area contributed by atoms with Crippen LogP contribution in [0.25, 0.3) is 0 Å². The number of hydrogen-bond acceptors (Lipinski definition) is 5. The molecule has 1 aromatic rings. The summed E-state index contributed by atoms with van der Waals surface area (Å²) in [4.78, 5) is 21.0. The zero-order valence-electron chi connectivity index (χ0n) is 10.0. The summed E-state index contributed by atoms with van der Waals surface area (Å²) in [5.74, 6) is -1.13. The number of ether oxygens (including phenoxy) is 1. The van der Waals surface area contributed by atoms with Gasteiger partial charge in [-0.15, -0.1) is 0 Å². The van der Waals surface area contributed by atoms with Crippen molar-refractivity contribution in [3.8, 4) is 0 Å². The van der Waals surface area contributed by atoms with Crippen molar-refractivity contribution in [3.05, 3.63) is 33.9 Å². The molecule has 1 aromatic carbocycles. The van der Waals surface area contributed by atoms with Gasteiger partial charge in [-0.25, -0.2) is 4.79 Å². The first-order valence-corrected chi connectivity index (χ1v) is 5.20. The predicted octanol–water partition coefficient (Wildman–Crippen LogP) is 1.41. The van der Waals surface area contributed by atoms with Crippen LogP contribution in [0.1, 0.15) is 5.56 Å². The molecule has 2 N–H and O–H groups in total. The summed E-state index contributed by atoms with van der Waals surface area (Å²) in [6.45, 7) is 1.70. The van der Waals surface area contributed by atoms with Crippen molar-refractivity contribution in [1.82, 2.24) is 0 Å². The van der Waals surface area contributed by atoms with Gasteiger partial charge < -0.3 is 15.2 Å². The maximum Gasteiger partial charge on any atom is 0.334 e. The Morgan fingerprint density at radius 3 is 2.78 bits per heavy atom. The number of nitrogens with one attached hydrogen (secondary N) is 1. The van der Waals surface area contributed by atoms with Crippen molar-refractivity contribution in [2.75, 3.05) is 19.0 Å². The van der Waals surface area contributed by atoms with Gasteiger partial charge in [0.1, 0.15) is 5.69 Å². The normalized spacial score (nSPS) is 11.9. The number of aryl methyl sites for hydroxylation is 1. The number of nitrogens with zero attached hydrogens (tertiary/aromatic N) is 1. The summed E-state index contributed by atoms with van der Waals surface area (Å²) in [5, 5.41) is 22.3. The second-order valence-electron chi connectivity index (χ2n) is 3.72. The van der Waals surface area contributed by atoms with E-state index in [1.807, 2.05) is 0 Å². The van der Waals surface area contributed by atoms with Gasteiger partial charge in [0.25, 0.3) is 5.69 Å². The summed E-state index contributed by atoms with van der Waals surface area (Å²) >= 11 is 0. The number of carbonyl (C=O) groups is 1. The maximum atomic E-state index is 10.8. The first-order valence-electron chi connectivity index (χ1n) is 5.20. The molecule has 0 aliphatic carbocycles. The molecule has 7 heteroatoms. The highest BCUT2D eigenvalue weighted by Crippen LogP contribution is 2.25. The third kappa shape index (κ3) is 3.42. The number of hydrogen-bond donors (Lipinski definition) is 2. The van der Waals surface area contributed by atoms with Crippen LogP contribution in [0.15, 0.2) is 18.2 Å². The fraction of sp³-hybridized carbons (Fsp3) is 0.364. The van der Waals surface area contributed by atoms with Crippen molar-refractivity contribution in [2.45, 2.75) is 13.0 Å². The molecule has 18 heavy (non-hydrogen) atoms. The van der Waals surface area contributed by atoms with Crippen molar-refractivity contribution >= 4 is 17.3 Å². The highest BCUT2D eigenvalue weighted by Gasteiger charge is 2.19. The molecule has 0 saturated carbocycles. The lowest BCUT2D eigenvalue weighted by atomic mass is 10.2. The molecule has 0 aliphatic heterocycles. The highest BCUT2D eigenvalue weighted by atomic mass is 16.6. The minimum Gasteiger partial charge on any atom is -0.479 e. The first kappa shape index (κ1) is 13.9. The Morgan fingerprint density at radius 2 is 2.28 bits per heavy atom. The van der Waals surface area contributed by atoms with E-state index in [1.165, 1.54) is 13.2 Å². The monoisotopic (exact) mass is 254 g/mol. The standard InChI is InChI=1S/C11H14N2O5/c1-7-3-4-8(9(5-7)13(16)17)12-6-10(18-2)11(14)15/h3-5,10,12H,6H2,1-2H3,(H,14,15). The SMILES string of the molecule is COC(CNc1ccc(C)cc1[N+](=O)[O-])C(=O)O. The van der Waals surface area contributed by atoms with Gasteiger partial charge in [-0.1, -0.05) is 6.07 Å². The molecule has 1 unspecified atom stereocenters. The lowest BCUT2D eigenvalue weighted by molar-refractivity contribution is -0.384. The number of aliphatic carboxylic acids is 1. The summed E-state index contributed by atoms with van der Waals surface area (Å²) in [5.41, 5.74) is 0.943. The molecule has 0 fully saturated rings. The average Bonchev–Trinajstić information content (AvgIpc) is 2.30. The van der Waals surface area contributed by atoms with Gasteiger partial charge in [0, 0.05) is 13.2 Å². The van der Waals surface area contributed by atoms with Gasteiger partial charge in [-0.05, 0) is 18.6 Å². The zero-order chi connectivity index (χ0) is 13.7. The largest absolute Gasteiger partial charge is 0.479 e. The van der Waals surface area contributed by atoms with E-state index in [9.17, 15) is 14.9 Å². The summed E-state index contributed by atoms with van der Waals surface area (Å²) < 4.78 is 4.73. The van der Waals surface area contributed by atoms with Crippen LogP contribution in [0.5, 0.6) is 0 Å². The Bertz CT molecular complexity index is 461. The van der Waals surface area contributed by atoms with Crippen LogP contribution in [0.4, 0.5) is 11.4 Å². The molecule has 0 aliphatic rings. The van der Waals surface area contributed by atoms with Crippen LogP contribution >= 0.6 is 0 Å². The summed E-state index contributed by atoms with van der Waals surface area (Å²) in [7, 11) is 1.27. The van der Waals surface area contributed by atoms with Gasteiger partial charge in [0.2, 0.25) is 0 Å². The molecule has 1 rings (SSSR count). The van der Waals surface area contributed by atoms with E-state index >= 15 is 0 Å². The van der Waals surface area contributed by atoms with E-state index < -0.39 is 17.0 Å². The van der Waals surface area contributed by atoms with E-state index in [1.54, 1.807) is 19.1 Å². The van der Waals surface area contributed by atoms with Gasteiger partial charge in [0.15, 0.2) is 6.10 Å². The topological polar surface area (TPSA) is 102 Å². The third-order valence-corrected chi connectivity index (χ3v) is 2.39. The van der Waals surface area contributed by atoms with E-state index in [-0.39, 0.29) is 17.9 Å². The Morgan fingerprint density at radius 1 is 1.61 bits per heavy atom.